The van der Waals surface area contributed by atoms with Crippen molar-refractivity contribution in [3.05, 3.63) is 70.7 Å². The zero-order chi connectivity index (χ0) is 13.4. The summed E-state index contributed by atoms with van der Waals surface area (Å²) in [6, 6.07) is 17.0. The first-order chi connectivity index (χ1) is 9.90. The third-order valence-electron chi connectivity index (χ3n) is 3.91. The highest BCUT2D eigenvalue weighted by Gasteiger charge is 2.07. The largest absolute Gasteiger partial charge is 0.369 e. The molecule has 2 heterocycles. The Morgan fingerprint density at radius 3 is 2.70 bits per heavy atom. The van der Waals surface area contributed by atoms with Gasteiger partial charge in [0.2, 0.25) is 0 Å². The molecule has 98 valence electrons. The smallest absolute Gasteiger partial charge is 0.0457 e. The number of hydrogen-bond donors (Lipinski definition) is 1. The summed E-state index contributed by atoms with van der Waals surface area (Å²) >= 11 is 0. The molecule has 2 heteroatoms. The van der Waals surface area contributed by atoms with Gasteiger partial charge in [-0.1, -0.05) is 48.5 Å². The van der Waals surface area contributed by atoms with Gasteiger partial charge in [0.15, 0.2) is 0 Å². The van der Waals surface area contributed by atoms with Crippen molar-refractivity contribution < 1.29 is 0 Å². The molecule has 20 heavy (non-hydrogen) atoms. The van der Waals surface area contributed by atoms with Crippen molar-refractivity contribution in [3.63, 3.8) is 0 Å². The summed E-state index contributed by atoms with van der Waals surface area (Å²) in [5.74, 6) is 0. The van der Waals surface area contributed by atoms with E-state index in [-0.39, 0.29) is 0 Å². The average Bonchev–Trinajstić information content (AvgIpc) is 2.91. The minimum atomic E-state index is 0.939. The maximum Gasteiger partial charge on any atom is 0.0457 e. The fourth-order valence-electron chi connectivity index (χ4n) is 2.87. The Hall–Kier alpha value is -2.48. The lowest BCUT2D eigenvalue weighted by Crippen LogP contribution is -2.34. The Morgan fingerprint density at radius 1 is 0.950 bits per heavy atom. The highest BCUT2D eigenvalue weighted by atomic mass is 15.1. The molecule has 0 bridgehead atoms. The third kappa shape index (κ3) is 1.90. The van der Waals surface area contributed by atoms with Gasteiger partial charge in [0.05, 0.1) is 0 Å². The Balaban J connectivity index is 1.69. The first-order valence-electron chi connectivity index (χ1n) is 6.96. The molecule has 1 aliphatic rings. The second kappa shape index (κ2) is 4.57. The number of nitrogens with zero attached hydrogens (tertiary/aromatic N) is 1. The molecule has 1 N–H and O–H groups in total. The highest BCUT2D eigenvalue weighted by molar-refractivity contribution is 5.83. The molecule has 0 fully saturated rings. The highest BCUT2D eigenvalue weighted by Crippen LogP contribution is 2.19. The predicted octanol–water partition coefficient (Wildman–Crippen LogP) is 2.20. The number of fused-ring (bicyclic) bond motifs is 2. The van der Waals surface area contributed by atoms with Gasteiger partial charge in [0.1, 0.15) is 0 Å². The van der Waals surface area contributed by atoms with Crippen LogP contribution in [0.15, 0.2) is 54.7 Å². The van der Waals surface area contributed by atoms with Gasteiger partial charge in [-0.05, 0) is 22.1 Å². The number of aromatic nitrogens is 1. The molecule has 0 unspecified atom stereocenters. The van der Waals surface area contributed by atoms with Crippen LogP contribution in [-0.2, 0) is 6.54 Å². The Bertz CT molecular complexity index is 874. The number of nitrogens with one attached hydrogen (secondary N) is 1. The van der Waals surface area contributed by atoms with Crippen molar-refractivity contribution >= 4 is 23.2 Å². The van der Waals surface area contributed by atoms with Gasteiger partial charge in [-0.25, -0.2) is 0 Å². The van der Waals surface area contributed by atoms with E-state index < -0.39 is 0 Å². The van der Waals surface area contributed by atoms with Gasteiger partial charge in [-0.3, -0.25) is 0 Å². The summed E-state index contributed by atoms with van der Waals surface area (Å²) in [5.41, 5.74) is 2.56. The summed E-state index contributed by atoms with van der Waals surface area (Å²) in [5, 5.41) is 3.96. The molecule has 2 nitrogen and oxygen atoms in total. The molecule has 1 aliphatic heterocycles. The summed E-state index contributed by atoms with van der Waals surface area (Å²) < 4.78 is 0. The van der Waals surface area contributed by atoms with E-state index in [1.807, 2.05) is 0 Å². The van der Waals surface area contributed by atoms with Crippen LogP contribution in [0.3, 0.4) is 0 Å². The molecule has 0 saturated heterocycles. The van der Waals surface area contributed by atoms with Gasteiger partial charge < -0.3 is 9.88 Å². The van der Waals surface area contributed by atoms with Gasteiger partial charge in [-0.2, -0.15) is 0 Å². The van der Waals surface area contributed by atoms with E-state index in [1.165, 1.54) is 26.9 Å². The van der Waals surface area contributed by atoms with Crippen LogP contribution in [0.2, 0.25) is 0 Å². The zero-order valence-corrected chi connectivity index (χ0v) is 11.2. The minimum Gasteiger partial charge on any atom is -0.369 e. The van der Waals surface area contributed by atoms with Crippen molar-refractivity contribution in [1.82, 2.24) is 9.88 Å². The molecule has 0 radical (unpaired) electrons. The fourth-order valence-corrected chi connectivity index (χ4v) is 2.87. The number of para-hydroxylation sites is 1. The van der Waals surface area contributed by atoms with Crippen LogP contribution in [0, 0.1) is 0 Å². The van der Waals surface area contributed by atoms with Crippen molar-refractivity contribution in [3.8, 4) is 0 Å². The van der Waals surface area contributed by atoms with Gasteiger partial charge in [0, 0.05) is 36.4 Å². The Morgan fingerprint density at radius 2 is 1.75 bits per heavy atom. The summed E-state index contributed by atoms with van der Waals surface area (Å²) in [6.45, 7) is 1.91. The van der Waals surface area contributed by atoms with Crippen molar-refractivity contribution in [2.45, 2.75) is 6.54 Å². The van der Waals surface area contributed by atoms with Crippen LogP contribution < -0.4 is 10.4 Å². The van der Waals surface area contributed by atoms with Crippen LogP contribution in [0.25, 0.3) is 23.2 Å². The Labute approximate surface area is 117 Å². The lowest BCUT2D eigenvalue weighted by Gasteiger charge is -2.21. The van der Waals surface area contributed by atoms with Gasteiger partial charge in [0.25, 0.3) is 0 Å². The molecule has 0 amide bonds. The molecule has 0 saturated carbocycles. The van der Waals surface area contributed by atoms with E-state index in [0.29, 0.717) is 0 Å². The van der Waals surface area contributed by atoms with Crippen LogP contribution in [0.4, 0.5) is 0 Å². The van der Waals surface area contributed by atoms with Crippen LogP contribution >= 0.6 is 0 Å². The van der Waals surface area contributed by atoms with E-state index in [2.05, 4.69) is 76.9 Å². The first-order valence-corrected chi connectivity index (χ1v) is 6.96. The number of hydrogen-bond acceptors (Lipinski definition) is 1. The Kier molecular flexibility index (Phi) is 2.59. The lowest BCUT2D eigenvalue weighted by atomic mass is 10.1. The quantitative estimate of drug-likeness (QED) is 0.748. The zero-order valence-electron chi connectivity index (χ0n) is 11.2. The molecule has 2 aromatic carbocycles. The summed E-state index contributed by atoms with van der Waals surface area (Å²) in [7, 11) is 0. The van der Waals surface area contributed by atoms with E-state index in [1.54, 1.807) is 0 Å². The second-order valence-electron chi connectivity index (χ2n) is 5.25. The topological polar surface area (TPSA) is 19.0 Å². The molecule has 0 spiro atoms. The SMILES string of the molecule is C1=c2ccccc2=CN(Cc2c[nH]c3ccccc23)C1. The van der Waals surface area contributed by atoms with E-state index in [4.69, 9.17) is 0 Å². The predicted molar refractivity (Wildman–Crippen MR) is 83.3 cm³/mol. The van der Waals surface area contributed by atoms with Crippen LogP contribution in [-0.4, -0.2) is 16.4 Å². The standard InChI is InChI=1S/C18H16N2/c1-2-6-15-12-20(10-9-14(15)5-1)13-16-11-19-18-8-4-3-7-17(16)18/h1-9,11-12,19H,10,13H2. The van der Waals surface area contributed by atoms with E-state index in [9.17, 15) is 0 Å². The van der Waals surface area contributed by atoms with Crippen molar-refractivity contribution in [2.24, 2.45) is 0 Å². The second-order valence-corrected chi connectivity index (χ2v) is 5.25. The third-order valence-corrected chi connectivity index (χ3v) is 3.91. The maximum absolute atomic E-state index is 3.35. The maximum atomic E-state index is 3.35. The molecule has 3 aromatic rings. The first kappa shape index (κ1) is 11.4. The number of aromatic amines is 1. The normalized spacial score (nSPS) is 13.7. The van der Waals surface area contributed by atoms with Crippen LogP contribution in [0.1, 0.15) is 5.56 Å². The monoisotopic (exact) mass is 260 g/mol. The van der Waals surface area contributed by atoms with Crippen molar-refractivity contribution in [1.29, 1.82) is 0 Å². The average molecular weight is 260 g/mol. The molecule has 1 aromatic heterocycles. The van der Waals surface area contributed by atoms with Crippen LogP contribution in [0.5, 0.6) is 0 Å². The number of benzene rings is 2. The minimum absolute atomic E-state index is 0.939. The number of rotatable bonds is 2. The molecule has 0 aliphatic carbocycles. The molecule has 4 rings (SSSR count). The molecular weight excluding hydrogens is 244 g/mol. The fraction of sp³-hybridized carbons (Fsp3) is 0.111. The molecule has 0 atom stereocenters. The van der Waals surface area contributed by atoms with Gasteiger partial charge in [-0.15, -0.1) is 0 Å². The summed E-state index contributed by atoms with van der Waals surface area (Å²) in [6.07, 6.45) is 6.68. The molecular formula is C18H16N2. The number of H-pyrrole nitrogens is 1. The lowest BCUT2D eigenvalue weighted by molar-refractivity contribution is 0.456. The van der Waals surface area contributed by atoms with Crippen molar-refractivity contribution in [2.75, 3.05) is 6.54 Å². The van der Waals surface area contributed by atoms with E-state index in [0.717, 1.165) is 13.1 Å². The van der Waals surface area contributed by atoms with E-state index >= 15 is 0 Å². The summed E-state index contributed by atoms with van der Waals surface area (Å²) in [4.78, 5) is 5.71. The van der Waals surface area contributed by atoms with Gasteiger partial charge >= 0.3 is 0 Å².